The lowest BCUT2D eigenvalue weighted by atomic mass is 10.0. The molecule has 0 bridgehead atoms. The van der Waals surface area contributed by atoms with Gasteiger partial charge in [-0.05, 0) is 24.3 Å². The first kappa shape index (κ1) is 18.6. The molecule has 0 unspecified atom stereocenters. The van der Waals surface area contributed by atoms with Crippen molar-refractivity contribution in [2.45, 2.75) is 6.04 Å². The maximum absolute atomic E-state index is 13.0. The molecule has 1 N–H and O–H groups in total. The highest BCUT2D eigenvalue weighted by molar-refractivity contribution is 6.03. The number of carbonyl (C=O) groups is 3. The topological polar surface area (TPSA) is 93.1 Å². The van der Waals surface area contributed by atoms with E-state index >= 15 is 0 Å². The van der Waals surface area contributed by atoms with Gasteiger partial charge in [-0.1, -0.05) is 18.2 Å². The normalized spacial score (nSPS) is 16.6. The molecule has 0 saturated carbocycles. The Morgan fingerprint density at radius 1 is 1.19 bits per heavy atom. The van der Waals surface area contributed by atoms with Gasteiger partial charge in [-0.2, -0.15) is 0 Å². The van der Waals surface area contributed by atoms with Crippen LogP contribution in [-0.4, -0.2) is 60.9 Å². The molecule has 140 valence electrons. The van der Waals surface area contributed by atoms with Crippen LogP contribution in [0.2, 0.25) is 0 Å². The summed E-state index contributed by atoms with van der Waals surface area (Å²) in [5.74, 6) is -0.193. The van der Waals surface area contributed by atoms with Crippen molar-refractivity contribution >= 4 is 18.5 Å². The number of hydrogen-bond donors (Lipinski definition) is 1. The van der Waals surface area contributed by atoms with E-state index in [-0.39, 0.29) is 36.0 Å². The molecule has 0 aromatic heterocycles. The molecule has 27 heavy (non-hydrogen) atoms. The van der Waals surface area contributed by atoms with Gasteiger partial charge in [-0.3, -0.25) is 14.4 Å². The highest BCUT2D eigenvalue weighted by atomic mass is 16.5. The Hall–Kier alpha value is -3.19. The van der Waals surface area contributed by atoms with Crippen molar-refractivity contribution in [2.24, 2.45) is 0 Å². The highest BCUT2D eigenvalue weighted by Crippen LogP contribution is 2.23. The van der Waals surface area contributed by atoms with Crippen molar-refractivity contribution < 1.29 is 29.0 Å². The van der Waals surface area contributed by atoms with E-state index in [4.69, 9.17) is 9.47 Å². The molecule has 1 amide bonds. The van der Waals surface area contributed by atoms with Crippen molar-refractivity contribution in [3.05, 3.63) is 59.2 Å². The number of carbonyl (C=O) groups excluding carboxylic acids is 3. The number of aromatic hydroxyl groups is 1. The maximum Gasteiger partial charge on any atom is 0.255 e. The van der Waals surface area contributed by atoms with E-state index in [0.29, 0.717) is 37.0 Å². The largest absolute Gasteiger partial charge is 0.507 e. The summed E-state index contributed by atoms with van der Waals surface area (Å²) in [5, 5.41) is 9.83. The van der Waals surface area contributed by atoms with Crippen molar-refractivity contribution in [3.8, 4) is 11.5 Å². The van der Waals surface area contributed by atoms with E-state index in [1.165, 1.54) is 18.2 Å². The first-order chi connectivity index (χ1) is 13.2. The lowest BCUT2D eigenvalue weighted by Crippen LogP contribution is -2.51. The van der Waals surface area contributed by atoms with Gasteiger partial charge in [0, 0.05) is 6.54 Å². The van der Waals surface area contributed by atoms with Gasteiger partial charge in [0.05, 0.1) is 35.9 Å². The van der Waals surface area contributed by atoms with Crippen LogP contribution in [0.1, 0.15) is 31.1 Å². The predicted octanol–water partition coefficient (Wildman–Crippen LogP) is 1.94. The maximum atomic E-state index is 13.0. The fraction of sp³-hybridized carbons (Fsp3) is 0.250. The zero-order valence-corrected chi connectivity index (χ0v) is 14.5. The van der Waals surface area contributed by atoms with E-state index in [1.807, 2.05) is 0 Å². The van der Waals surface area contributed by atoms with Crippen LogP contribution < -0.4 is 4.74 Å². The standard InChI is InChI=1S/C20H19NO6/c22-10-14-4-1-2-7-19(14)27-13-15-12-26-9-8-21(15)20(25)16-5-3-6-18(24)17(16)11-23/h1-7,10-11,15,24H,8-9,12-13H2/t15-/m0/s1. The number of morpholine rings is 1. The molecule has 1 atom stereocenters. The van der Waals surface area contributed by atoms with Gasteiger partial charge in [0.15, 0.2) is 12.6 Å². The van der Waals surface area contributed by atoms with Crippen LogP contribution in [0.15, 0.2) is 42.5 Å². The zero-order valence-electron chi connectivity index (χ0n) is 14.5. The Kier molecular flexibility index (Phi) is 5.83. The SMILES string of the molecule is O=Cc1ccccc1OC[C@@H]1COCCN1C(=O)c1cccc(O)c1C=O. The van der Waals surface area contributed by atoms with Gasteiger partial charge in [0.2, 0.25) is 0 Å². The quantitative estimate of drug-likeness (QED) is 0.782. The lowest BCUT2D eigenvalue weighted by molar-refractivity contribution is -0.0151. The fourth-order valence-electron chi connectivity index (χ4n) is 2.97. The number of ether oxygens (including phenoxy) is 2. The van der Waals surface area contributed by atoms with Crippen molar-refractivity contribution in [1.29, 1.82) is 0 Å². The average Bonchev–Trinajstić information content (AvgIpc) is 2.72. The summed E-state index contributed by atoms with van der Waals surface area (Å²) in [6, 6.07) is 10.8. The van der Waals surface area contributed by atoms with Crippen LogP contribution in [0.4, 0.5) is 0 Å². The summed E-state index contributed by atoms with van der Waals surface area (Å²) in [7, 11) is 0. The van der Waals surface area contributed by atoms with Gasteiger partial charge >= 0.3 is 0 Å². The molecular weight excluding hydrogens is 350 g/mol. The molecule has 2 aromatic rings. The van der Waals surface area contributed by atoms with E-state index in [9.17, 15) is 19.5 Å². The summed E-state index contributed by atoms with van der Waals surface area (Å²) in [6.45, 7) is 1.09. The van der Waals surface area contributed by atoms with Crippen LogP contribution in [-0.2, 0) is 4.74 Å². The number of phenolic OH excluding ortho intramolecular Hbond substituents is 1. The molecule has 3 rings (SSSR count). The Labute approximate surface area is 156 Å². The van der Waals surface area contributed by atoms with Gasteiger partial charge in [0.1, 0.15) is 18.1 Å². The minimum atomic E-state index is -0.396. The van der Waals surface area contributed by atoms with Gasteiger partial charge in [0.25, 0.3) is 5.91 Å². The number of nitrogens with zero attached hydrogens (tertiary/aromatic N) is 1. The summed E-state index contributed by atoms with van der Waals surface area (Å²) in [5.41, 5.74) is 0.508. The number of para-hydroxylation sites is 1. The molecule has 1 heterocycles. The second-order valence-electron chi connectivity index (χ2n) is 6.05. The van der Waals surface area contributed by atoms with Crippen molar-refractivity contribution in [3.63, 3.8) is 0 Å². The van der Waals surface area contributed by atoms with Crippen LogP contribution in [0, 0.1) is 0 Å². The first-order valence-electron chi connectivity index (χ1n) is 8.48. The van der Waals surface area contributed by atoms with Crippen molar-refractivity contribution in [1.82, 2.24) is 4.90 Å². The third-order valence-electron chi connectivity index (χ3n) is 4.40. The highest BCUT2D eigenvalue weighted by Gasteiger charge is 2.30. The second-order valence-corrected chi connectivity index (χ2v) is 6.05. The second kappa shape index (κ2) is 8.46. The third kappa shape index (κ3) is 3.98. The van der Waals surface area contributed by atoms with Crippen molar-refractivity contribution in [2.75, 3.05) is 26.4 Å². The van der Waals surface area contributed by atoms with E-state index < -0.39 is 6.04 Å². The Bertz CT molecular complexity index is 850. The minimum Gasteiger partial charge on any atom is -0.507 e. The summed E-state index contributed by atoms with van der Waals surface area (Å²) in [4.78, 5) is 36.9. The molecule has 0 radical (unpaired) electrons. The smallest absolute Gasteiger partial charge is 0.255 e. The third-order valence-corrected chi connectivity index (χ3v) is 4.40. The Morgan fingerprint density at radius 3 is 2.78 bits per heavy atom. The molecule has 2 aromatic carbocycles. The Morgan fingerprint density at radius 2 is 2.00 bits per heavy atom. The molecule has 0 spiro atoms. The van der Waals surface area contributed by atoms with Crippen LogP contribution in [0.25, 0.3) is 0 Å². The van der Waals surface area contributed by atoms with Gasteiger partial charge in [-0.25, -0.2) is 0 Å². The van der Waals surface area contributed by atoms with Crippen LogP contribution >= 0.6 is 0 Å². The summed E-state index contributed by atoms with van der Waals surface area (Å²) < 4.78 is 11.2. The number of hydrogen-bond acceptors (Lipinski definition) is 6. The number of aldehydes is 2. The molecule has 0 aliphatic carbocycles. The van der Waals surface area contributed by atoms with E-state index in [1.54, 1.807) is 29.2 Å². The number of rotatable bonds is 6. The van der Waals surface area contributed by atoms with Gasteiger partial charge < -0.3 is 19.5 Å². The molecule has 1 fully saturated rings. The Balaban J connectivity index is 1.79. The summed E-state index contributed by atoms with van der Waals surface area (Å²) in [6.07, 6.45) is 1.17. The summed E-state index contributed by atoms with van der Waals surface area (Å²) >= 11 is 0. The average molecular weight is 369 g/mol. The first-order valence-corrected chi connectivity index (χ1v) is 8.48. The number of amides is 1. The molecule has 7 heteroatoms. The predicted molar refractivity (Wildman–Crippen MR) is 96.5 cm³/mol. The van der Waals surface area contributed by atoms with Gasteiger partial charge in [-0.15, -0.1) is 0 Å². The fourth-order valence-corrected chi connectivity index (χ4v) is 2.97. The van der Waals surface area contributed by atoms with Crippen LogP contribution in [0.3, 0.4) is 0 Å². The molecule has 1 saturated heterocycles. The zero-order chi connectivity index (χ0) is 19.2. The number of benzene rings is 2. The molecule has 1 aliphatic heterocycles. The van der Waals surface area contributed by atoms with Crippen LogP contribution in [0.5, 0.6) is 11.5 Å². The number of phenols is 1. The lowest BCUT2D eigenvalue weighted by Gasteiger charge is -2.35. The van der Waals surface area contributed by atoms with E-state index in [2.05, 4.69) is 0 Å². The minimum absolute atomic E-state index is 0.0417. The monoisotopic (exact) mass is 369 g/mol. The molecular formula is C20H19NO6. The molecule has 7 nitrogen and oxygen atoms in total. The molecule has 1 aliphatic rings. The van der Waals surface area contributed by atoms with E-state index in [0.717, 1.165) is 0 Å².